The minimum Gasteiger partial charge on any atom is -0.369 e. The smallest absolute Gasteiger partial charge is 0.369 e. The summed E-state index contributed by atoms with van der Waals surface area (Å²) in [5.41, 5.74) is -0.406. The highest BCUT2D eigenvalue weighted by Crippen LogP contribution is 2.35. The second-order valence-corrected chi connectivity index (χ2v) is 5.89. The number of hydrogen-bond donors (Lipinski definition) is 0. The molecule has 1 aromatic heterocycles. The van der Waals surface area contributed by atoms with Crippen LogP contribution < -0.4 is 0 Å². The Morgan fingerprint density at radius 1 is 1.28 bits per heavy atom. The molecular weight excluding hydrogens is 355 g/mol. The van der Waals surface area contributed by atoms with Gasteiger partial charge in [0.15, 0.2) is 0 Å². The number of aromatic nitrogens is 1. The average molecular weight is 370 g/mol. The zero-order chi connectivity index (χ0) is 18.6. The normalized spacial score (nSPS) is 13.0. The van der Waals surface area contributed by atoms with E-state index < -0.39 is 23.6 Å². The van der Waals surface area contributed by atoms with E-state index in [2.05, 4.69) is 9.98 Å². The topological polar surface area (TPSA) is 45.6 Å². The first-order chi connectivity index (χ1) is 11.7. The van der Waals surface area contributed by atoms with Crippen LogP contribution in [0, 0.1) is 0 Å². The van der Waals surface area contributed by atoms with E-state index in [4.69, 9.17) is 11.6 Å². The van der Waals surface area contributed by atoms with Gasteiger partial charge in [0.2, 0.25) is 0 Å². The van der Waals surface area contributed by atoms with Crippen molar-refractivity contribution in [3.63, 3.8) is 0 Å². The number of hydrogen-bond acceptors (Lipinski definition) is 2. The fraction of sp³-hybridized carbons (Fsp3) is 0.235. The highest BCUT2D eigenvalue weighted by atomic mass is 35.5. The molecule has 0 aliphatic rings. The summed E-state index contributed by atoms with van der Waals surface area (Å²) in [7, 11) is 3.38. The molecular formula is C17H15ClF3N3O. The van der Waals surface area contributed by atoms with Gasteiger partial charge in [-0.05, 0) is 11.6 Å². The maximum absolute atomic E-state index is 12.8. The molecule has 0 aliphatic carbocycles. The number of carbonyl (C=O) groups excluding carboxylic acids is 1. The third-order valence-electron chi connectivity index (χ3n) is 3.27. The van der Waals surface area contributed by atoms with Crippen molar-refractivity contribution in [2.24, 2.45) is 4.99 Å². The molecule has 2 aromatic rings. The van der Waals surface area contributed by atoms with Gasteiger partial charge >= 0.3 is 6.18 Å². The molecule has 1 aromatic carbocycles. The van der Waals surface area contributed by atoms with Crippen molar-refractivity contribution in [3.8, 4) is 0 Å². The standard InChI is InChI=1S/C17H15ClF3N3O/c1-24(2)10-23-16(25)14(11-6-4-3-5-7-11)15-13(18)8-12(9-22-15)17(19,20)21/h3-10,14H,1-2H3/t14-/m0/s1. The van der Waals surface area contributed by atoms with Crippen molar-refractivity contribution in [2.75, 3.05) is 14.1 Å². The molecule has 0 saturated carbocycles. The lowest BCUT2D eigenvalue weighted by Gasteiger charge is -2.16. The van der Waals surface area contributed by atoms with E-state index in [0.29, 0.717) is 11.8 Å². The Hall–Kier alpha value is -2.41. The lowest BCUT2D eigenvalue weighted by atomic mass is 9.94. The number of benzene rings is 1. The molecule has 132 valence electrons. The van der Waals surface area contributed by atoms with Crippen molar-refractivity contribution < 1.29 is 18.0 Å². The van der Waals surface area contributed by atoms with Gasteiger partial charge in [-0.2, -0.15) is 13.2 Å². The fourth-order valence-corrected chi connectivity index (χ4v) is 2.40. The van der Waals surface area contributed by atoms with Gasteiger partial charge in [0.25, 0.3) is 5.91 Å². The summed E-state index contributed by atoms with van der Waals surface area (Å²) in [6.07, 6.45) is -2.58. The molecule has 0 N–H and O–H groups in total. The highest BCUT2D eigenvalue weighted by Gasteiger charge is 2.33. The van der Waals surface area contributed by atoms with Crippen LogP contribution in [-0.4, -0.2) is 36.2 Å². The van der Waals surface area contributed by atoms with Gasteiger partial charge in [0.05, 0.1) is 22.6 Å². The Morgan fingerprint density at radius 2 is 1.92 bits per heavy atom. The fourth-order valence-electron chi connectivity index (χ4n) is 2.13. The van der Waals surface area contributed by atoms with Crippen molar-refractivity contribution in [3.05, 3.63) is 64.4 Å². The third-order valence-corrected chi connectivity index (χ3v) is 3.57. The minimum atomic E-state index is -4.56. The Morgan fingerprint density at radius 3 is 2.44 bits per heavy atom. The molecule has 4 nitrogen and oxygen atoms in total. The first-order valence-corrected chi connectivity index (χ1v) is 7.60. The Labute approximate surface area is 148 Å². The van der Waals surface area contributed by atoms with Crippen molar-refractivity contribution in [1.82, 2.24) is 9.88 Å². The van der Waals surface area contributed by atoms with Gasteiger partial charge in [0.1, 0.15) is 5.92 Å². The van der Waals surface area contributed by atoms with E-state index >= 15 is 0 Å². The second kappa shape index (κ2) is 7.65. The molecule has 1 atom stereocenters. The van der Waals surface area contributed by atoms with Crippen molar-refractivity contribution in [1.29, 1.82) is 0 Å². The quantitative estimate of drug-likeness (QED) is 0.604. The number of halogens is 4. The van der Waals surface area contributed by atoms with Crippen LogP contribution in [0.15, 0.2) is 47.6 Å². The molecule has 0 unspecified atom stereocenters. The third kappa shape index (κ3) is 4.79. The van der Waals surface area contributed by atoms with E-state index in [-0.39, 0.29) is 10.7 Å². The molecule has 1 amide bonds. The molecule has 1 heterocycles. The lowest BCUT2D eigenvalue weighted by Crippen LogP contribution is -2.17. The summed E-state index contributed by atoms with van der Waals surface area (Å²) in [5, 5.41) is -0.239. The maximum Gasteiger partial charge on any atom is 0.417 e. The average Bonchev–Trinajstić information content (AvgIpc) is 2.54. The number of aliphatic imine (C=N–C) groups is 1. The van der Waals surface area contributed by atoms with Gasteiger partial charge in [-0.25, -0.2) is 4.99 Å². The van der Waals surface area contributed by atoms with Gasteiger partial charge in [0, 0.05) is 20.3 Å². The Balaban J connectivity index is 2.51. The van der Waals surface area contributed by atoms with Crippen LogP contribution in [0.3, 0.4) is 0 Å². The largest absolute Gasteiger partial charge is 0.417 e. The number of nitrogens with zero attached hydrogens (tertiary/aromatic N) is 3. The van der Waals surface area contributed by atoms with Crippen molar-refractivity contribution in [2.45, 2.75) is 12.1 Å². The summed E-state index contributed by atoms with van der Waals surface area (Å²) >= 11 is 6.01. The number of rotatable bonds is 4. The minimum absolute atomic E-state index is 0.0294. The zero-order valence-corrected chi connectivity index (χ0v) is 14.2. The first kappa shape index (κ1) is 18.9. The monoisotopic (exact) mass is 369 g/mol. The van der Waals surface area contributed by atoms with Gasteiger partial charge < -0.3 is 4.90 Å². The molecule has 25 heavy (non-hydrogen) atoms. The SMILES string of the molecule is CN(C)C=NC(=O)[C@@H](c1ccccc1)c1ncc(C(F)(F)F)cc1Cl. The van der Waals surface area contributed by atoms with Crippen LogP contribution in [0.25, 0.3) is 0 Å². The molecule has 0 aliphatic heterocycles. The van der Waals surface area contributed by atoms with Gasteiger partial charge in [-0.1, -0.05) is 41.9 Å². The van der Waals surface area contributed by atoms with E-state index in [1.165, 1.54) is 6.34 Å². The van der Waals surface area contributed by atoms with E-state index in [1.807, 2.05) is 0 Å². The molecule has 0 saturated heterocycles. The van der Waals surface area contributed by atoms with Crippen LogP contribution in [0.2, 0.25) is 5.02 Å². The molecule has 0 spiro atoms. The van der Waals surface area contributed by atoms with Crippen LogP contribution in [-0.2, 0) is 11.0 Å². The number of amides is 1. The Kier molecular flexibility index (Phi) is 5.79. The summed E-state index contributed by atoms with van der Waals surface area (Å²) in [6.45, 7) is 0. The van der Waals surface area contributed by atoms with Crippen LogP contribution in [0.4, 0.5) is 13.2 Å². The lowest BCUT2D eigenvalue weighted by molar-refractivity contribution is -0.137. The van der Waals surface area contributed by atoms with Gasteiger partial charge in [-0.15, -0.1) is 0 Å². The highest BCUT2D eigenvalue weighted by molar-refractivity contribution is 6.31. The van der Waals surface area contributed by atoms with E-state index in [9.17, 15) is 18.0 Å². The Bertz CT molecular complexity index is 776. The predicted octanol–water partition coefficient (Wildman–Crippen LogP) is 4.00. The predicted molar refractivity (Wildman–Crippen MR) is 89.7 cm³/mol. The first-order valence-electron chi connectivity index (χ1n) is 7.22. The molecule has 2 rings (SSSR count). The molecule has 0 fully saturated rings. The van der Waals surface area contributed by atoms with Crippen molar-refractivity contribution >= 4 is 23.8 Å². The van der Waals surface area contributed by atoms with E-state index in [0.717, 1.165) is 6.07 Å². The number of alkyl halides is 3. The van der Waals surface area contributed by atoms with E-state index in [1.54, 1.807) is 49.3 Å². The molecule has 0 bridgehead atoms. The summed E-state index contributed by atoms with van der Waals surface area (Å²) in [6, 6.07) is 9.29. The second-order valence-electron chi connectivity index (χ2n) is 5.48. The van der Waals surface area contributed by atoms with Gasteiger partial charge in [-0.3, -0.25) is 9.78 Å². The van der Waals surface area contributed by atoms with Crippen LogP contribution >= 0.6 is 11.6 Å². The van der Waals surface area contributed by atoms with Crippen LogP contribution in [0.1, 0.15) is 22.7 Å². The van der Waals surface area contributed by atoms with Crippen LogP contribution in [0.5, 0.6) is 0 Å². The molecule has 8 heteroatoms. The summed E-state index contributed by atoms with van der Waals surface area (Å²) < 4.78 is 38.4. The maximum atomic E-state index is 12.8. The number of pyridine rings is 1. The zero-order valence-electron chi connectivity index (χ0n) is 13.5. The summed E-state index contributed by atoms with van der Waals surface area (Å²) in [5.74, 6) is -1.57. The summed E-state index contributed by atoms with van der Waals surface area (Å²) in [4.78, 5) is 21.7. The molecule has 0 radical (unpaired) electrons. The number of carbonyl (C=O) groups is 1.